The minimum atomic E-state index is -4.27. The Morgan fingerprint density at radius 1 is 1.18 bits per heavy atom. The van der Waals surface area contributed by atoms with Crippen molar-refractivity contribution in [1.82, 2.24) is 20.1 Å². The fourth-order valence-electron chi connectivity index (χ4n) is 5.57. The van der Waals surface area contributed by atoms with E-state index in [2.05, 4.69) is 39.2 Å². The lowest BCUT2D eigenvalue weighted by Gasteiger charge is -2.34. The highest BCUT2D eigenvalue weighted by Gasteiger charge is 2.63. The molecule has 0 radical (unpaired) electrons. The van der Waals surface area contributed by atoms with Crippen molar-refractivity contribution in [3.05, 3.63) is 48.2 Å². The molecule has 0 aromatic carbocycles. The van der Waals surface area contributed by atoms with Crippen LogP contribution < -0.4 is 25.4 Å². The van der Waals surface area contributed by atoms with Gasteiger partial charge in [-0.05, 0) is 75.8 Å². The summed E-state index contributed by atoms with van der Waals surface area (Å²) in [5.41, 5.74) is 1.51. The minimum absolute atomic E-state index is 0.0908. The van der Waals surface area contributed by atoms with Crippen molar-refractivity contribution in [2.45, 2.75) is 62.5 Å². The average Bonchev–Trinajstić information content (AvgIpc) is 3.47. The third-order valence-electron chi connectivity index (χ3n) is 8.07. The van der Waals surface area contributed by atoms with Crippen LogP contribution in [0.4, 0.5) is 30.6 Å². The summed E-state index contributed by atoms with van der Waals surface area (Å²) in [7, 11) is 0. The van der Waals surface area contributed by atoms with Gasteiger partial charge in [0.05, 0.1) is 17.6 Å². The Balaban J connectivity index is 1.24. The summed E-state index contributed by atoms with van der Waals surface area (Å²) >= 11 is 1.14. The number of nitrogens with zero attached hydrogens (tertiary/aromatic N) is 4. The van der Waals surface area contributed by atoms with Crippen molar-refractivity contribution < 1.29 is 22.7 Å². The number of alkyl halides is 3. The molecule has 3 N–H and O–H groups in total. The minimum Gasteiger partial charge on any atom is -0.370 e. The maximum absolute atomic E-state index is 13.4. The molecule has 13 heteroatoms. The molecule has 2 unspecified atom stereocenters. The molecule has 2 atom stereocenters. The number of amides is 1. The molecule has 1 saturated heterocycles. The van der Waals surface area contributed by atoms with Crippen molar-refractivity contribution >= 4 is 35.3 Å². The Morgan fingerprint density at radius 3 is 2.77 bits per heavy atom. The van der Waals surface area contributed by atoms with Gasteiger partial charge in [0.25, 0.3) is 5.91 Å². The van der Waals surface area contributed by atoms with E-state index < -0.39 is 24.4 Å². The first-order valence-electron chi connectivity index (χ1n) is 13.4. The molecule has 1 saturated carbocycles. The van der Waals surface area contributed by atoms with Gasteiger partial charge in [0.1, 0.15) is 28.7 Å². The zero-order valence-corrected chi connectivity index (χ0v) is 23.1. The van der Waals surface area contributed by atoms with Gasteiger partial charge in [0.15, 0.2) is 0 Å². The summed E-state index contributed by atoms with van der Waals surface area (Å²) in [6, 6.07) is 9.11. The lowest BCUT2D eigenvalue weighted by atomic mass is 9.94. The first-order chi connectivity index (χ1) is 19.0. The molecule has 5 heterocycles. The third kappa shape index (κ3) is 5.34. The van der Waals surface area contributed by atoms with Crippen LogP contribution in [-0.2, 0) is 4.74 Å². The molecule has 4 bridgehead atoms. The standard InChI is InChI=1S/C27H32F3N7O2S/c1-25(2)14-17-8-12-31-19-4-3-5-22(32-19)40-35-24(38)18-6-7-20(33-23(18)36(25)15-17)37-13-9-21(34-37)39-16-26(10-11-26)27(28,29)30/h3-7,9,13,17,21,34H,8,10-12,14-16H2,1-2H3,(H,31,32)(H,35,38). The van der Waals surface area contributed by atoms with Gasteiger partial charge in [-0.2, -0.15) is 18.6 Å². The van der Waals surface area contributed by atoms with Gasteiger partial charge in [0.2, 0.25) is 0 Å². The summed E-state index contributed by atoms with van der Waals surface area (Å²) in [5, 5.41) is 5.68. The number of hydrazine groups is 1. The van der Waals surface area contributed by atoms with Crippen molar-refractivity contribution in [3.8, 4) is 0 Å². The fourth-order valence-corrected chi connectivity index (χ4v) is 6.17. The number of hydrogen-bond acceptors (Lipinski definition) is 9. The van der Waals surface area contributed by atoms with Gasteiger partial charge in [-0.25, -0.2) is 9.97 Å². The first-order valence-corrected chi connectivity index (χ1v) is 14.2. The summed E-state index contributed by atoms with van der Waals surface area (Å²) in [6.45, 7) is 5.43. The number of pyridine rings is 2. The van der Waals surface area contributed by atoms with Crippen LogP contribution in [0.2, 0.25) is 0 Å². The first kappa shape index (κ1) is 27.2. The normalized spacial score (nSPS) is 25.2. The number of ether oxygens (including phenoxy) is 1. The molecule has 2 aromatic heterocycles. The zero-order chi connectivity index (χ0) is 28.1. The maximum atomic E-state index is 13.4. The van der Waals surface area contributed by atoms with E-state index in [1.54, 1.807) is 29.4 Å². The SMILES string of the molecule is CC1(C)CC2CCNc3cccc(n3)SNC(=O)c3ccc(N4C=CC(OCC5(C(F)(F)F)CC5)N4)nc3N1C2. The fraction of sp³-hybridized carbons (Fsp3) is 0.519. The second-order valence-electron chi connectivity index (χ2n) is 11.5. The van der Waals surface area contributed by atoms with Crippen LogP contribution in [-0.4, -0.2) is 53.5 Å². The number of anilines is 3. The molecule has 2 aromatic rings. The van der Waals surface area contributed by atoms with E-state index >= 15 is 0 Å². The number of carbonyl (C=O) groups is 1. The second-order valence-corrected chi connectivity index (χ2v) is 12.3. The third-order valence-corrected chi connectivity index (χ3v) is 8.79. The smallest absolute Gasteiger partial charge is 0.370 e. The van der Waals surface area contributed by atoms with E-state index in [1.807, 2.05) is 18.2 Å². The largest absolute Gasteiger partial charge is 0.396 e. The van der Waals surface area contributed by atoms with Crippen LogP contribution in [0.3, 0.4) is 0 Å². The van der Waals surface area contributed by atoms with E-state index in [0.717, 1.165) is 43.7 Å². The summed E-state index contributed by atoms with van der Waals surface area (Å²) < 4.78 is 48.4. The second kappa shape index (κ2) is 10.1. The van der Waals surface area contributed by atoms with E-state index in [9.17, 15) is 18.0 Å². The number of fused-ring (bicyclic) bond motifs is 6. The van der Waals surface area contributed by atoms with Crippen molar-refractivity contribution in [2.24, 2.45) is 11.3 Å². The number of aromatic nitrogens is 2. The summed E-state index contributed by atoms with van der Waals surface area (Å²) in [4.78, 5) is 25.1. The maximum Gasteiger partial charge on any atom is 0.396 e. The predicted octanol–water partition coefficient (Wildman–Crippen LogP) is 4.86. The quantitative estimate of drug-likeness (QED) is 0.442. The predicted molar refractivity (Wildman–Crippen MR) is 147 cm³/mol. The highest BCUT2D eigenvalue weighted by Crippen LogP contribution is 2.57. The van der Waals surface area contributed by atoms with Gasteiger partial charge in [-0.15, -0.1) is 0 Å². The van der Waals surface area contributed by atoms with Crippen molar-refractivity contribution in [2.75, 3.05) is 34.9 Å². The van der Waals surface area contributed by atoms with Crippen molar-refractivity contribution in [1.29, 1.82) is 0 Å². The molecule has 9 nitrogen and oxygen atoms in total. The van der Waals surface area contributed by atoms with Gasteiger partial charge in [0, 0.05) is 36.8 Å². The number of halogens is 3. The molecule has 2 fully saturated rings. The highest BCUT2D eigenvalue weighted by molar-refractivity contribution is 7.97. The Hall–Kier alpha value is -3.03. The van der Waals surface area contributed by atoms with Crippen LogP contribution in [0.1, 0.15) is 49.9 Å². The van der Waals surface area contributed by atoms with Crippen LogP contribution in [0.15, 0.2) is 47.6 Å². The van der Waals surface area contributed by atoms with Gasteiger partial charge in [-0.1, -0.05) is 6.07 Å². The summed E-state index contributed by atoms with van der Waals surface area (Å²) in [5.74, 6) is 1.94. The van der Waals surface area contributed by atoms with E-state index in [4.69, 9.17) is 9.72 Å². The molecule has 3 aliphatic heterocycles. The molecule has 214 valence electrons. The van der Waals surface area contributed by atoms with E-state index in [-0.39, 0.29) is 24.3 Å². The number of rotatable bonds is 4. The van der Waals surface area contributed by atoms with Crippen LogP contribution in [0.25, 0.3) is 0 Å². The lowest BCUT2D eigenvalue weighted by molar-refractivity contribution is -0.204. The van der Waals surface area contributed by atoms with Crippen LogP contribution >= 0.6 is 11.9 Å². The Bertz CT molecular complexity index is 1320. The topological polar surface area (TPSA) is 94.7 Å². The lowest BCUT2D eigenvalue weighted by Crippen LogP contribution is -2.42. The summed E-state index contributed by atoms with van der Waals surface area (Å²) in [6.07, 6.45) is 0.423. The molecule has 6 rings (SSSR count). The number of carbonyl (C=O) groups excluding carboxylic acids is 1. The Morgan fingerprint density at radius 2 is 2.00 bits per heavy atom. The van der Waals surface area contributed by atoms with E-state index in [0.29, 0.717) is 28.1 Å². The van der Waals surface area contributed by atoms with Crippen LogP contribution in [0, 0.1) is 11.3 Å². The Kier molecular flexibility index (Phi) is 6.86. The monoisotopic (exact) mass is 575 g/mol. The van der Waals surface area contributed by atoms with Gasteiger partial charge >= 0.3 is 6.18 Å². The molecular formula is C27H32F3N7O2S. The molecule has 0 spiro atoms. The van der Waals surface area contributed by atoms with E-state index in [1.165, 1.54) is 0 Å². The van der Waals surface area contributed by atoms with Gasteiger partial charge in [-0.3, -0.25) is 14.5 Å². The van der Waals surface area contributed by atoms with Gasteiger partial charge < -0.3 is 15.0 Å². The number of hydrogen-bond donors (Lipinski definition) is 3. The number of nitrogens with one attached hydrogen (secondary N) is 3. The molecular weight excluding hydrogens is 543 g/mol. The zero-order valence-electron chi connectivity index (χ0n) is 22.3. The highest BCUT2D eigenvalue weighted by atomic mass is 32.2. The van der Waals surface area contributed by atoms with Crippen LogP contribution in [0.5, 0.6) is 0 Å². The molecule has 1 amide bonds. The average molecular weight is 576 g/mol. The molecule has 4 aliphatic rings. The molecule has 1 aliphatic carbocycles. The molecule has 40 heavy (non-hydrogen) atoms. The van der Waals surface area contributed by atoms with Crippen molar-refractivity contribution in [3.63, 3.8) is 0 Å². The Labute approximate surface area is 235 Å².